The number of allylic oxidation sites excluding steroid dienone is 1. The minimum Gasteiger partial charge on any atom is -0.222 e. The molecule has 0 saturated carbocycles. The fourth-order valence-electron chi connectivity index (χ4n) is 0.757. The summed E-state index contributed by atoms with van der Waals surface area (Å²) >= 11 is 0. The van der Waals surface area contributed by atoms with E-state index in [2.05, 4.69) is 18.2 Å². The number of carbonyl (C=O) groups excluding carboxylic acids is 1. The van der Waals surface area contributed by atoms with Gasteiger partial charge in [-0.2, -0.15) is 0 Å². The first-order valence-corrected chi connectivity index (χ1v) is 3.56. The van der Waals surface area contributed by atoms with Crippen LogP contribution in [0.1, 0.15) is 12.5 Å². The van der Waals surface area contributed by atoms with Crippen molar-refractivity contribution in [3.05, 3.63) is 42.0 Å². The van der Waals surface area contributed by atoms with Crippen LogP contribution in [0, 0.1) is 5.41 Å². The molecule has 0 aliphatic carbocycles. The molecular weight excluding hydrogens is 150 g/mol. The molecule has 0 unspecified atom stereocenters. The largest absolute Gasteiger partial charge is 0.231 e. The lowest BCUT2D eigenvalue weighted by atomic mass is 10.2. The number of isocyanates is 1. The molecule has 0 atom stereocenters. The van der Waals surface area contributed by atoms with Gasteiger partial charge in [-0.05, 0) is 12.5 Å². The van der Waals surface area contributed by atoms with Crippen molar-refractivity contribution in [2.45, 2.75) is 6.92 Å². The van der Waals surface area contributed by atoms with Crippen LogP contribution >= 0.6 is 0 Å². The second kappa shape index (κ2) is 7.45. The molecule has 1 N–H and O–H groups in total. The molecule has 0 spiro atoms. The summed E-state index contributed by atoms with van der Waals surface area (Å²) in [6.07, 6.45) is 4.87. The van der Waals surface area contributed by atoms with Gasteiger partial charge in [0, 0.05) is 0 Å². The van der Waals surface area contributed by atoms with Gasteiger partial charge in [0.1, 0.15) is 0 Å². The van der Waals surface area contributed by atoms with E-state index in [1.807, 2.05) is 31.2 Å². The Kier molecular flexibility index (Phi) is 6.42. The summed E-state index contributed by atoms with van der Waals surface area (Å²) in [6, 6.07) is 10.3. The van der Waals surface area contributed by atoms with Crippen molar-refractivity contribution in [1.82, 2.24) is 0 Å². The maximum absolute atomic E-state index is 8.35. The Bertz CT molecular complexity index is 258. The zero-order valence-electron chi connectivity index (χ0n) is 6.95. The van der Waals surface area contributed by atoms with Gasteiger partial charge in [-0.25, -0.2) is 10.2 Å². The van der Waals surface area contributed by atoms with Crippen molar-refractivity contribution in [3.63, 3.8) is 0 Å². The Morgan fingerprint density at radius 3 is 2.25 bits per heavy atom. The first-order chi connectivity index (χ1) is 5.85. The molecule has 0 saturated heterocycles. The zero-order chi connectivity index (χ0) is 9.23. The summed E-state index contributed by atoms with van der Waals surface area (Å²) in [5.74, 6) is 0. The standard InChI is InChI=1S/C9H10.CHNO/c1-2-6-9-7-4-3-5-8-9;2-1-3/h2-8H,1H3;2H. The molecule has 0 fully saturated rings. The van der Waals surface area contributed by atoms with Gasteiger partial charge in [0.05, 0.1) is 0 Å². The van der Waals surface area contributed by atoms with Crippen LogP contribution in [0.5, 0.6) is 0 Å². The minimum atomic E-state index is 0.750. The average Bonchev–Trinajstić information content (AvgIpc) is 2.08. The van der Waals surface area contributed by atoms with E-state index in [-0.39, 0.29) is 0 Å². The van der Waals surface area contributed by atoms with Crippen molar-refractivity contribution in [2.24, 2.45) is 0 Å². The van der Waals surface area contributed by atoms with Crippen LogP contribution in [0.15, 0.2) is 36.4 Å². The molecule has 1 aromatic rings. The monoisotopic (exact) mass is 161 g/mol. The fourth-order valence-corrected chi connectivity index (χ4v) is 0.757. The molecule has 0 aliphatic rings. The first-order valence-electron chi connectivity index (χ1n) is 3.56. The van der Waals surface area contributed by atoms with Gasteiger partial charge in [-0.15, -0.1) is 0 Å². The normalized spacial score (nSPS) is 8.42. The highest BCUT2D eigenvalue weighted by Crippen LogP contribution is 1.99. The number of hydrogen-bond donors (Lipinski definition) is 1. The summed E-state index contributed by atoms with van der Waals surface area (Å²) in [7, 11) is 0. The average molecular weight is 161 g/mol. The summed E-state index contributed by atoms with van der Waals surface area (Å²) in [4.78, 5) is 8.35. The summed E-state index contributed by atoms with van der Waals surface area (Å²) < 4.78 is 0. The molecule has 0 amide bonds. The molecule has 1 rings (SSSR count). The Morgan fingerprint density at radius 1 is 1.33 bits per heavy atom. The SMILES string of the molecule is CC=Cc1ccccc1.N=C=O. The zero-order valence-corrected chi connectivity index (χ0v) is 6.95. The van der Waals surface area contributed by atoms with Crippen molar-refractivity contribution in [3.8, 4) is 0 Å². The molecule has 2 heteroatoms. The predicted molar refractivity (Wildman–Crippen MR) is 49.6 cm³/mol. The maximum atomic E-state index is 8.35. The van der Waals surface area contributed by atoms with Gasteiger partial charge in [0.25, 0.3) is 0 Å². The Labute approximate surface area is 72.1 Å². The van der Waals surface area contributed by atoms with Crippen LogP contribution in [0.4, 0.5) is 0 Å². The molecule has 62 valence electrons. The van der Waals surface area contributed by atoms with E-state index in [0.29, 0.717) is 0 Å². The van der Waals surface area contributed by atoms with Crippen LogP contribution in [0.25, 0.3) is 6.08 Å². The van der Waals surface area contributed by atoms with Crippen LogP contribution in [0.3, 0.4) is 0 Å². The van der Waals surface area contributed by atoms with Gasteiger partial charge in [0.2, 0.25) is 6.08 Å². The third-order valence-electron chi connectivity index (χ3n) is 1.16. The fraction of sp³-hybridized carbons (Fsp3) is 0.100. The third kappa shape index (κ3) is 5.15. The highest BCUT2D eigenvalue weighted by Gasteiger charge is 1.77. The van der Waals surface area contributed by atoms with Crippen LogP contribution in [0.2, 0.25) is 0 Å². The van der Waals surface area contributed by atoms with Crippen LogP contribution in [-0.4, -0.2) is 6.08 Å². The lowest BCUT2D eigenvalue weighted by Crippen LogP contribution is -1.65. The van der Waals surface area contributed by atoms with E-state index in [9.17, 15) is 0 Å². The second-order valence-corrected chi connectivity index (χ2v) is 2.01. The number of benzene rings is 1. The topological polar surface area (TPSA) is 40.9 Å². The number of nitrogens with one attached hydrogen (secondary N) is 1. The molecule has 0 radical (unpaired) electrons. The smallest absolute Gasteiger partial charge is 0.222 e. The third-order valence-corrected chi connectivity index (χ3v) is 1.16. The molecule has 2 nitrogen and oxygen atoms in total. The van der Waals surface area contributed by atoms with E-state index in [1.54, 1.807) is 0 Å². The van der Waals surface area contributed by atoms with Gasteiger partial charge >= 0.3 is 0 Å². The predicted octanol–water partition coefficient (Wildman–Crippen LogP) is 2.62. The lowest BCUT2D eigenvalue weighted by molar-refractivity contribution is 0.563. The molecule has 12 heavy (non-hydrogen) atoms. The first kappa shape index (κ1) is 10.3. The van der Waals surface area contributed by atoms with Crippen molar-refractivity contribution < 1.29 is 4.79 Å². The summed E-state index contributed by atoms with van der Waals surface area (Å²) in [6.45, 7) is 2.02. The Balaban J connectivity index is 0.000000354. The molecule has 0 aromatic heterocycles. The van der Waals surface area contributed by atoms with E-state index in [1.165, 1.54) is 5.56 Å². The summed E-state index contributed by atoms with van der Waals surface area (Å²) in [5, 5.41) is 5.40. The molecule has 0 heterocycles. The molecule has 0 bridgehead atoms. The van der Waals surface area contributed by atoms with Gasteiger partial charge in [-0.1, -0.05) is 42.5 Å². The second-order valence-electron chi connectivity index (χ2n) is 2.01. The Morgan fingerprint density at radius 2 is 1.83 bits per heavy atom. The summed E-state index contributed by atoms with van der Waals surface area (Å²) in [5.41, 5.74) is 1.26. The van der Waals surface area contributed by atoms with E-state index < -0.39 is 0 Å². The number of rotatable bonds is 1. The molecule has 1 aromatic carbocycles. The van der Waals surface area contributed by atoms with Crippen molar-refractivity contribution in [2.75, 3.05) is 0 Å². The van der Waals surface area contributed by atoms with Crippen molar-refractivity contribution in [1.29, 1.82) is 5.41 Å². The van der Waals surface area contributed by atoms with E-state index in [4.69, 9.17) is 10.2 Å². The lowest BCUT2D eigenvalue weighted by Gasteiger charge is -1.86. The maximum Gasteiger partial charge on any atom is 0.231 e. The highest BCUT2D eigenvalue weighted by molar-refractivity contribution is 5.47. The van der Waals surface area contributed by atoms with E-state index in [0.717, 1.165) is 6.08 Å². The van der Waals surface area contributed by atoms with E-state index >= 15 is 0 Å². The quantitative estimate of drug-likeness (QED) is 0.499. The molecule has 0 aliphatic heterocycles. The highest BCUT2D eigenvalue weighted by atomic mass is 16.1. The van der Waals surface area contributed by atoms with Gasteiger partial charge in [-0.3, -0.25) is 0 Å². The molecular formula is C10H11NO. The van der Waals surface area contributed by atoms with Crippen LogP contribution < -0.4 is 0 Å². The Hall–Kier alpha value is -1.66. The van der Waals surface area contributed by atoms with Gasteiger partial charge in [0.15, 0.2) is 0 Å². The van der Waals surface area contributed by atoms with Crippen LogP contribution in [-0.2, 0) is 4.79 Å². The minimum absolute atomic E-state index is 0.750. The van der Waals surface area contributed by atoms with Crippen molar-refractivity contribution >= 4 is 12.2 Å². The number of hydrogen-bond acceptors (Lipinski definition) is 2. The van der Waals surface area contributed by atoms with Gasteiger partial charge < -0.3 is 0 Å².